The summed E-state index contributed by atoms with van der Waals surface area (Å²) in [4.78, 5) is 0. The molecule has 3 aromatic rings. The van der Waals surface area contributed by atoms with E-state index in [0.717, 1.165) is 5.69 Å². The van der Waals surface area contributed by atoms with Crippen LogP contribution >= 0.6 is 31.9 Å². The van der Waals surface area contributed by atoms with Gasteiger partial charge in [0.1, 0.15) is 6.54 Å². The van der Waals surface area contributed by atoms with Gasteiger partial charge in [0.25, 0.3) is 5.89 Å². The summed E-state index contributed by atoms with van der Waals surface area (Å²) < 4.78 is 13.1. The number of alkyl halides is 1. The summed E-state index contributed by atoms with van der Waals surface area (Å²) >= 11 is 6.53. The van der Waals surface area contributed by atoms with Gasteiger partial charge in [-0.3, -0.25) is 0 Å². The van der Waals surface area contributed by atoms with E-state index in [0.29, 0.717) is 34.1 Å². The molecule has 9 heteroatoms. The molecule has 0 fully saturated rings. The third kappa shape index (κ3) is 2.76. The molecule has 0 aromatic carbocycles. The van der Waals surface area contributed by atoms with E-state index in [1.807, 2.05) is 6.20 Å². The summed E-state index contributed by atoms with van der Waals surface area (Å²) in [6, 6.07) is 3.51. The highest BCUT2D eigenvalue weighted by Gasteiger charge is 2.13. The lowest BCUT2D eigenvalue weighted by molar-refractivity contribution is 0.451. The average molecular weight is 389 g/mol. The van der Waals surface area contributed by atoms with Crippen molar-refractivity contribution in [2.45, 2.75) is 11.9 Å². The minimum Gasteiger partial charge on any atom is -0.444 e. The van der Waals surface area contributed by atoms with Crippen LogP contribution in [0.25, 0.3) is 11.7 Å². The second-order valence-electron chi connectivity index (χ2n) is 3.65. The van der Waals surface area contributed by atoms with E-state index in [2.05, 4.69) is 52.4 Å². The topological polar surface area (TPSA) is 82.8 Å². The van der Waals surface area contributed by atoms with Crippen molar-refractivity contribution in [3.8, 4) is 11.7 Å². The lowest BCUT2D eigenvalue weighted by Gasteiger charge is -1.92. The molecule has 3 aromatic heterocycles. The van der Waals surface area contributed by atoms with Gasteiger partial charge in [-0.25, -0.2) is 4.68 Å². The van der Waals surface area contributed by atoms with Crippen LogP contribution in [0.4, 0.5) is 0 Å². The predicted molar refractivity (Wildman–Crippen MR) is 71.5 cm³/mol. The SMILES string of the molecule is BrCc1cn(Cc2nnc(-c3ccc(Br)o3)o2)nn1. The number of furan rings is 1. The molecule has 0 aliphatic carbocycles. The van der Waals surface area contributed by atoms with Crippen LogP contribution in [0.15, 0.2) is 31.8 Å². The third-order valence-corrected chi connectivity index (χ3v) is 3.27. The smallest absolute Gasteiger partial charge is 0.283 e. The Kier molecular flexibility index (Phi) is 3.47. The fourth-order valence-electron chi connectivity index (χ4n) is 1.46. The van der Waals surface area contributed by atoms with Crippen LogP contribution in [-0.2, 0) is 11.9 Å². The molecule has 19 heavy (non-hydrogen) atoms. The maximum Gasteiger partial charge on any atom is 0.283 e. The van der Waals surface area contributed by atoms with Crippen molar-refractivity contribution in [2.75, 3.05) is 0 Å². The van der Waals surface area contributed by atoms with Gasteiger partial charge in [0.2, 0.25) is 5.89 Å². The van der Waals surface area contributed by atoms with E-state index in [4.69, 9.17) is 8.83 Å². The normalized spacial score (nSPS) is 11.1. The summed E-state index contributed by atoms with van der Waals surface area (Å²) in [6.07, 6.45) is 1.81. The van der Waals surface area contributed by atoms with E-state index in [1.165, 1.54) is 0 Å². The highest BCUT2D eigenvalue weighted by Crippen LogP contribution is 2.23. The van der Waals surface area contributed by atoms with Gasteiger partial charge in [-0.1, -0.05) is 21.1 Å². The van der Waals surface area contributed by atoms with E-state index in [1.54, 1.807) is 16.8 Å². The second-order valence-corrected chi connectivity index (χ2v) is 4.99. The number of hydrogen-bond donors (Lipinski definition) is 0. The summed E-state index contributed by atoms with van der Waals surface area (Å²) in [5.74, 6) is 1.29. The maximum absolute atomic E-state index is 5.49. The Hall–Kier alpha value is -1.48. The molecule has 0 saturated heterocycles. The van der Waals surface area contributed by atoms with Crippen molar-refractivity contribution in [3.05, 3.63) is 34.6 Å². The largest absolute Gasteiger partial charge is 0.444 e. The van der Waals surface area contributed by atoms with E-state index >= 15 is 0 Å². The lowest BCUT2D eigenvalue weighted by atomic mass is 10.4. The standard InChI is InChI=1S/C10H7Br2N5O2/c11-3-6-4-17(16-13-6)5-9-14-15-10(19-9)7-1-2-8(12)18-7/h1-2,4H,3,5H2. The maximum atomic E-state index is 5.49. The molecular weight excluding hydrogens is 382 g/mol. The first kappa shape index (κ1) is 12.5. The Morgan fingerprint density at radius 1 is 1.16 bits per heavy atom. The van der Waals surface area contributed by atoms with Gasteiger partial charge in [0.15, 0.2) is 10.4 Å². The quantitative estimate of drug-likeness (QED) is 0.639. The van der Waals surface area contributed by atoms with Gasteiger partial charge in [0, 0.05) is 11.5 Å². The van der Waals surface area contributed by atoms with Crippen LogP contribution < -0.4 is 0 Å². The van der Waals surface area contributed by atoms with Crippen LogP contribution in [0.3, 0.4) is 0 Å². The summed E-state index contributed by atoms with van der Waals surface area (Å²) in [5.41, 5.74) is 0.842. The molecule has 0 radical (unpaired) electrons. The van der Waals surface area contributed by atoms with Crippen molar-refractivity contribution < 1.29 is 8.83 Å². The number of nitrogens with zero attached hydrogens (tertiary/aromatic N) is 5. The minimum atomic E-state index is 0.335. The van der Waals surface area contributed by atoms with Gasteiger partial charge in [-0.2, -0.15) is 0 Å². The zero-order chi connectivity index (χ0) is 13.2. The molecule has 0 saturated carbocycles. The Morgan fingerprint density at radius 2 is 2.05 bits per heavy atom. The first-order valence-corrected chi connectivity index (χ1v) is 7.19. The van der Waals surface area contributed by atoms with Gasteiger partial charge >= 0.3 is 0 Å². The van der Waals surface area contributed by atoms with Crippen molar-refractivity contribution >= 4 is 31.9 Å². The van der Waals surface area contributed by atoms with Gasteiger partial charge in [0.05, 0.1) is 5.69 Å². The van der Waals surface area contributed by atoms with Crippen LogP contribution in [0.2, 0.25) is 0 Å². The molecule has 98 valence electrons. The molecule has 0 aliphatic rings. The van der Waals surface area contributed by atoms with Crippen molar-refractivity contribution in [2.24, 2.45) is 0 Å². The molecule has 3 rings (SSSR count). The van der Waals surface area contributed by atoms with Crippen molar-refractivity contribution in [1.29, 1.82) is 0 Å². The molecular formula is C10H7Br2N5O2. The van der Waals surface area contributed by atoms with E-state index < -0.39 is 0 Å². The summed E-state index contributed by atoms with van der Waals surface area (Å²) in [5, 5.41) is 16.4. The predicted octanol–water partition coefficient (Wildman–Crippen LogP) is 2.63. The molecule has 0 amide bonds. The Morgan fingerprint density at radius 3 is 2.74 bits per heavy atom. The number of rotatable bonds is 4. The highest BCUT2D eigenvalue weighted by molar-refractivity contribution is 9.10. The number of aromatic nitrogens is 5. The summed E-state index contributed by atoms with van der Waals surface area (Å²) in [7, 11) is 0. The zero-order valence-electron chi connectivity index (χ0n) is 9.45. The van der Waals surface area contributed by atoms with E-state index in [-0.39, 0.29) is 0 Å². The molecule has 0 unspecified atom stereocenters. The minimum absolute atomic E-state index is 0.335. The first-order valence-electron chi connectivity index (χ1n) is 5.27. The monoisotopic (exact) mass is 387 g/mol. The van der Waals surface area contributed by atoms with Crippen molar-refractivity contribution in [3.63, 3.8) is 0 Å². The van der Waals surface area contributed by atoms with Gasteiger partial charge < -0.3 is 8.83 Å². The van der Waals surface area contributed by atoms with Gasteiger partial charge in [-0.15, -0.1) is 15.3 Å². The molecule has 7 nitrogen and oxygen atoms in total. The molecule has 0 spiro atoms. The highest BCUT2D eigenvalue weighted by atomic mass is 79.9. The van der Waals surface area contributed by atoms with Crippen molar-refractivity contribution in [1.82, 2.24) is 25.2 Å². The van der Waals surface area contributed by atoms with Crippen LogP contribution in [0.1, 0.15) is 11.6 Å². The Bertz CT molecular complexity index is 689. The second kappa shape index (κ2) is 5.25. The Balaban J connectivity index is 1.78. The molecule has 0 N–H and O–H groups in total. The van der Waals surface area contributed by atoms with Gasteiger partial charge in [-0.05, 0) is 28.1 Å². The van der Waals surface area contributed by atoms with Crippen LogP contribution in [0, 0.1) is 0 Å². The average Bonchev–Trinajstić information content (AvgIpc) is 3.10. The molecule has 0 bridgehead atoms. The Labute approximate surface area is 124 Å². The molecule has 0 aliphatic heterocycles. The van der Waals surface area contributed by atoms with Crippen LogP contribution in [-0.4, -0.2) is 25.2 Å². The molecule has 3 heterocycles. The van der Waals surface area contributed by atoms with E-state index in [9.17, 15) is 0 Å². The first-order chi connectivity index (χ1) is 9.24. The number of hydrogen-bond acceptors (Lipinski definition) is 6. The third-order valence-electron chi connectivity index (χ3n) is 2.27. The molecule has 0 atom stereocenters. The summed E-state index contributed by atoms with van der Waals surface area (Å²) in [6.45, 7) is 0.370. The van der Waals surface area contributed by atoms with Crippen LogP contribution in [0.5, 0.6) is 0 Å². The number of halogens is 2. The lowest BCUT2D eigenvalue weighted by Crippen LogP contribution is -2.00. The zero-order valence-corrected chi connectivity index (χ0v) is 12.6. The fraction of sp³-hybridized carbons (Fsp3) is 0.200. The fourth-order valence-corrected chi connectivity index (χ4v) is 2.03.